The number of rotatable bonds is 8. The van der Waals surface area contributed by atoms with Gasteiger partial charge in [0, 0.05) is 69.2 Å². The molecule has 9 heteroatoms. The van der Waals surface area contributed by atoms with Crippen LogP contribution in [-0.4, -0.2) is 71.1 Å². The summed E-state index contributed by atoms with van der Waals surface area (Å²) in [5.41, 5.74) is 8.57. The molecule has 1 aromatic heterocycles. The van der Waals surface area contributed by atoms with Crippen LogP contribution in [0.15, 0.2) is 53.0 Å². The van der Waals surface area contributed by atoms with Crippen molar-refractivity contribution in [1.82, 2.24) is 19.3 Å². The molecule has 3 atom stereocenters. The van der Waals surface area contributed by atoms with E-state index in [0.717, 1.165) is 78.3 Å². The van der Waals surface area contributed by atoms with Gasteiger partial charge in [-0.2, -0.15) is 5.26 Å². The highest BCUT2D eigenvalue weighted by molar-refractivity contribution is 5.97. The molecule has 50 heavy (non-hydrogen) atoms. The molecular weight excluding hydrogens is 626 g/mol. The molecule has 0 spiro atoms. The lowest BCUT2D eigenvalue weighted by atomic mass is 9.88. The molecule has 3 aromatic rings. The lowest BCUT2D eigenvalue weighted by Gasteiger charge is -2.38. The molecular formula is C41H51N5O4. The fraction of sp³-hybridized carbons (Fsp3) is 0.488. The van der Waals surface area contributed by atoms with E-state index in [1.165, 1.54) is 16.7 Å². The number of pyridine rings is 1. The number of benzene rings is 2. The molecule has 3 aliphatic rings. The predicted octanol–water partition coefficient (Wildman–Crippen LogP) is 6.09. The Bertz CT molecular complexity index is 1920. The second-order valence-corrected chi connectivity index (χ2v) is 15.4. The van der Waals surface area contributed by atoms with Gasteiger partial charge in [0.15, 0.2) is 0 Å². The Balaban J connectivity index is 1.16. The van der Waals surface area contributed by atoms with Crippen LogP contribution in [0.2, 0.25) is 0 Å². The summed E-state index contributed by atoms with van der Waals surface area (Å²) in [7, 11) is 5.20. The molecule has 6 rings (SSSR count). The number of aryl methyl sites for hydroxylation is 1. The summed E-state index contributed by atoms with van der Waals surface area (Å²) in [5, 5.41) is 9.77. The van der Waals surface area contributed by atoms with Crippen molar-refractivity contribution >= 4 is 5.91 Å². The molecule has 0 aliphatic carbocycles. The number of ether oxygens (including phenoxy) is 2. The topological polar surface area (TPSA) is 91.0 Å². The smallest absolute Gasteiger partial charge is 0.264 e. The summed E-state index contributed by atoms with van der Waals surface area (Å²) in [6.45, 7) is 16.2. The van der Waals surface area contributed by atoms with Gasteiger partial charge >= 0.3 is 0 Å². The van der Waals surface area contributed by atoms with Gasteiger partial charge in [-0.05, 0) is 79.0 Å². The van der Waals surface area contributed by atoms with Crippen molar-refractivity contribution in [3.05, 3.63) is 91.9 Å². The lowest BCUT2D eigenvalue weighted by Crippen LogP contribution is -2.46. The van der Waals surface area contributed by atoms with Crippen LogP contribution < -0.4 is 15.0 Å². The van der Waals surface area contributed by atoms with Gasteiger partial charge in [-0.15, -0.1) is 0 Å². The zero-order chi connectivity index (χ0) is 36.1. The minimum absolute atomic E-state index is 0.0135. The van der Waals surface area contributed by atoms with E-state index in [1.54, 1.807) is 31.9 Å². The summed E-state index contributed by atoms with van der Waals surface area (Å²) in [5.74, 6) is 1.40. The Hall–Kier alpha value is -4.39. The minimum Gasteiger partial charge on any atom is -0.496 e. The number of carbonyl (C=O) groups excluding carboxylic acids is 1. The average Bonchev–Trinajstić information content (AvgIpc) is 3.68. The van der Waals surface area contributed by atoms with Gasteiger partial charge in [0.05, 0.1) is 25.8 Å². The van der Waals surface area contributed by atoms with Gasteiger partial charge in [-0.25, -0.2) is 0 Å². The number of methoxy groups -OCH3 is 2. The fourth-order valence-corrected chi connectivity index (χ4v) is 8.30. The van der Waals surface area contributed by atoms with Crippen LogP contribution in [0.25, 0.3) is 11.1 Å². The Kier molecular flexibility index (Phi) is 9.73. The third-order valence-corrected chi connectivity index (χ3v) is 11.1. The summed E-state index contributed by atoms with van der Waals surface area (Å²) < 4.78 is 13.6. The highest BCUT2D eigenvalue weighted by Gasteiger charge is 2.44. The van der Waals surface area contributed by atoms with E-state index in [2.05, 4.69) is 53.1 Å². The molecule has 1 amide bonds. The molecule has 2 aromatic carbocycles. The van der Waals surface area contributed by atoms with E-state index < -0.39 is 0 Å². The van der Waals surface area contributed by atoms with Gasteiger partial charge in [0.2, 0.25) is 0 Å². The maximum atomic E-state index is 13.4. The van der Waals surface area contributed by atoms with E-state index in [9.17, 15) is 14.9 Å². The van der Waals surface area contributed by atoms with Crippen LogP contribution in [0, 0.1) is 30.6 Å². The van der Waals surface area contributed by atoms with E-state index in [-0.39, 0.29) is 28.5 Å². The van der Waals surface area contributed by atoms with Gasteiger partial charge < -0.3 is 18.9 Å². The van der Waals surface area contributed by atoms with Crippen molar-refractivity contribution in [3.63, 3.8) is 0 Å². The number of hydrogen-bond acceptors (Lipinski definition) is 7. The van der Waals surface area contributed by atoms with E-state index in [4.69, 9.17) is 9.47 Å². The first-order valence-electron chi connectivity index (χ1n) is 17.7. The van der Waals surface area contributed by atoms with Crippen molar-refractivity contribution < 1.29 is 14.3 Å². The molecule has 0 N–H and O–H groups in total. The Morgan fingerprint density at radius 3 is 2.24 bits per heavy atom. The highest BCUT2D eigenvalue weighted by atomic mass is 16.5. The second-order valence-electron chi connectivity index (χ2n) is 15.4. The van der Waals surface area contributed by atoms with Gasteiger partial charge in [0.1, 0.15) is 23.1 Å². The Morgan fingerprint density at radius 2 is 1.66 bits per heavy atom. The van der Waals surface area contributed by atoms with Crippen molar-refractivity contribution in [2.24, 2.45) is 12.5 Å². The molecule has 9 nitrogen and oxygen atoms in total. The molecule has 2 saturated heterocycles. The maximum absolute atomic E-state index is 13.4. The first kappa shape index (κ1) is 35.4. The van der Waals surface area contributed by atoms with E-state index in [0.29, 0.717) is 18.6 Å². The normalized spacial score (nSPS) is 20.9. The fourth-order valence-electron chi connectivity index (χ4n) is 8.30. The van der Waals surface area contributed by atoms with Crippen molar-refractivity contribution in [3.8, 4) is 28.7 Å². The minimum atomic E-state index is -0.248. The van der Waals surface area contributed by atoms with Crippen LogP contribution in [0.1, 0.15) is 73.5 Å². The van der Waals surface area contributed by atoms with Crippen LogP contribution in [0.4, 0.5) is 0 Å². The molecule has 0 radical (unpaired) electrons. The first-order chi connectivity index (χ1) is 23.7. The predicted molar refractivity (Wildman–Crippen MR) is 196 cm³/mol. The average molecular weight is 678 g/mol. The third-order valence-electron chi connectivity index (χ3n) is 11.1. The number of carbonyl (C=O) groups is 1. The quantitative estimate of drug-likeness (QED) is 0.211. The lowest BCUT2D eigenvalue weighted by molar-refractivity contribution is -0.129. The second kappa shape index (κ2) is 13.7. The number of nitriles is 1. The summed E-state index contributed by atoms with van der Waals surface area (Å²) in [4.78, 5) is 33.0. The number of aromatic nitrogens is 1. The SMILES string of the molecule is COc1cc(-c2cn(C)c(=O)c(C)c2C)cc(OC)c1CN1CC2CC1CN2Cc1cccc2c1CCN(C(=O)/C(C#N)=C/C(C)(C)C)C2C. The maximum Gasteiger partial charge on any atom is 0.264 e. The number of likely N-dealkylation sites (tertiary alicyclic amines) is 2. The molecule has 4 heterocycles. The van der Waals surface area contributed by atoms with Gasteiger partial charge in [-0.3, -0.25) is 19.4 Å². The molecule has 2 fully saturated rings. The van der Waals surface area contributed by atoms with Crippen LogP contribution >= 0.6 is 0 Å². The van der Waals surface area contributed by atoms with Crippen molar-refractivity contribution in [1.29, 1.82) is 5.26 Å². The largest absolute Gasteiger partial charge is 0.496 e. The standard InChI is InChI=1S/C41H51N5O4/c1-25-26(2)39(47)43(7)23-35(25)29-15-37(49-8)36(38(16-29)50-9)24-45-22-31-17-32(45)21-44(31)20-28-11-10-12-33-27(3)46(14-13-34(28)33)40(48)30(19-42)18-41(4,5)6/h10-12,15-16,18,23,27,31-32H,13-14,17,20-22,24H2,1-9H3/b30-18+. The van der Waals surface area contributed by atoms with E-state index >= 15 is 0 Å². The van der Waals surface area contributed by atoms with Crippen molar-refractivity contribution in [2.75, 3.05) is 33.9 Å². The van der Waals surface area contributed by atoms with Crippen LogP contribution in [0.5, 0.6) is 11.5 Å². The number of allylic oxidation sites excluding steroid dienone is 1. The zero-order valence-electron chi connectivity index (χ0n) is 31.1. The van der Waals surface area contributed by atoms with Crippen LogP contribution in [-0.2, 0) is 31.4 Å². The van der Waals surface area contributed by atoms with Crippen LogP contribution in [0.3, 0.4) is 0 Å². The number of fused-ring (bicyclic) bond motifs is 3. The summed E-state index contributed by atoms with van der Waals surface area (Å²) in [6, 6.07) is 13.6. The van der Waals surface area contributed by atoms with Gasteiger partial charge in [0.25, 0.3) is 11.5 Å². The first-order valence-corrected chi connectivity index (χ1v) is 17.7. The number of amides is 1. The Labute approximate surface area is 296 Å². The van der Waals surface area contributed by atoms with Crippen molar-refractivity contribution in [2.45, 2.75) is 85.6 Å². The monoisotopic (exact) mass is 677 g/mol. The van der Waals surface area contributed by atoms with Gasteiger partial charge in [-0.1, -0.05) is 45.0 Å². The summed E-state index contributed by atoms with van der Waals surface area (Å²) in [6.07, 6.45) is 5.60. The summed E-state index contributed by atoms with van der Waals surface area (Å²) >= 11 is 0. The number of piperazine rings is 1. The highest BCUT2D eigenvalue weighted by Crippen LogP contribution is 2.41. The molecule has 3 aliphatic heterocycles. The van der Waals surface area contributed by atoms with E-state index in [1.807, 2.05) is 45.7 Å². The molecule has 3 unspecified atom stereocenters. The number of hydrogen-bond donors (Lipinski definition) is 0. The third kappa shape index (κ3) is 6.59. The Morgan fingerprint density at radius 1 is 1.02 bits per heavy atom. The zero-order valence-corrected chi connectivity index (χ0v) is 31.1. The molecule has 0 saturated carbocycles. The number of nitrogens with zero attached hydrogens (tertiary/aromatic N) is 5. The molecule has 2 bridgehead atoms. The molecule has 264 valence electrons.